The third kappa shape index (κ3) is 4.68. The number of nitrogens with zero attached hydrogens (tertiary/aromatic N) is 1. The van der Waals surface area contributed by atoms with Crippen molar-refractivity contribution in [3.05, 3.63) is 65.7 Å². The number of nitrogens with one attached hydrogen (secondary N) is 1. The molecule has 0 saturated carbocycles. The topological polar surface area (TPSA) is 49.4 Å². The van der Waals surface area contributed by atoms with Gasteiger partial charge in [-0.25, -0.2) is 0 Å². The molecule has 1 unspecified atom stereocenters. The Morgan fingerprint density at radius 2 is 1.65 bits per heavy atom. The fourth-order valence-electron chi connectivity index (χ4n) is 2.32. The number of anilines is 1. The first kappa shape index (κ1) is 16.7. The Morgan fingerprint density at radius 3 is 2.22 bits per heavy atom. The SMILES string of the molecule is CC(=O)N(C)c1ccc(CC(=O)NC(C)c2ccccc2)cc1. The minimum Gasteiger partial charge on any atom is -0.349 e. The molecule has 4 nitrogen and oxygen atoms in total. The fourth-order valence-corrected chi connectivity index (χ4v) is 2.32. The molecule has 0 saturated heterocycles. The first-order valence-corrected chi connectivity index (χ1v) is 7.65. The Labute approximate surface area is 137 Å². The van der Waals surface area contributed by atoms with Crippen LogP contribution in [-0.4, -0.2) is 18.9 Å². The molecule has 0 aliphatic heterocycles. The van der Waals surface area contributed by atoms with Crippen molar-refractivity contribution in [1.29, 1.82) is 0 Å². The third-order valence-electron chi connectivity index (χ3n) is 3.84. The second kappa shape index (κ2) is 7.58. The summed E-state index contributed by atoms with van der Waals surface area (Å²) in [6, 6.07) is 17.3. The van der Waals surface area contributed by atoms with Gasteiger partial charge in [-0.1, -0.05) is 42.5 Å². The quantitative estimate of drug-likeness (QED) is 0.922. The van der Waals surface area contributed by atoms with Crippen LogP contribution in [0.25, 0.3) is 0 Å². The molecular weight excluding hydrogens is 288 g/mol. The highest BCUT2D eigenvalue weighted by Gasteiger charge is 2.10. The first-order chi connectivity index (χ1) is 11.0. The maximum atomic E-state index is 12.1. The Hall–Kier alpha value is -2.62. The predicted octanol–water partition coefficient (Wildman–Crippen LogP) is 3.09. The van der Waals surface area contributed by atoms with Crippen LogP contribution in [0.4, 0.5) is 5.69 Å². The van der Waals surface area contributed by atoms with Gasteiger partial charge in [0.15, 0.2) is 0 Å². The molecule has 1 atom stereocenters. The summed E-state index contributed by atoms with van der Waals surface area (Å²) in [5.41, 5.74) is 2.82. The standard InChI is InChI=1S/C19H22N2O2/c1-14(17-7-5-4-6-8-17)20-19(23)13-16-9-11-18(12-10-16)21(3)15(2)22/h4-12,14H,13H2,1-3H3,(H,20,23). The summed E-state index contributed by atoms with van der Waals surface area (Å²) in [6.45, 7) is 3.49. The fraction of sp³-hybridized carbons (Fsp3) is 0.263. The van der Waals surface area contributed by atoms with Crippen LogP contribution < -0.4 is 10.2 Å². The lowest BCUT2D eigenvalue weighted by atomic mass is 10.1. The molecule has 0 radical (unpaired) electrons. The normalized spacial score (nSPS) is 11.6. The number of benzene rings is 2. The number of carbonyl (C=O) groups is 2. The minimum absolute atomic E-state index is 0.0194. The lowest BCUT2D eigenvalue weighted by molar-refractivity contribution is -0.121. The van der Waals surface area contributed by atoms with Crippen molar-refractivity contribution in [2.45, 2.75) is 26.3 Å². The van der Waals surface area contributed by atoms with Crippen molar-refractivity contribution in [2.75, 3.05) is 11.9 Å². The van der Waals surface area contributed by atoms with E-state index in [1.807, 2.05) is 61.5 Å². The Morgan fingerprint density at radius 1 is 1.04 bits per heavy atom. The van der Waals surface area contributed by atoms with Crippen LogP contribution in [0.1, 0.15) is 31.0 Å². The van der Waals surface area contributed by atoms with Gasteiger partial charge >= 0.3 is 0 Å². The molecule has 120 valence electrons. The largest absolute Gasteiger partial charge is 0.349 e. The van der Waals surface area contributed by atoms with Crippen LogP contribution in [-0.2, 0) is 16.0 Å². The van der Waals surface area contributed by atoms with Gasteiger partial charge in [0, 0.05) is 19.7 Å². The van der Waals surface area contributed by atoms with E-state index in [0.717, 1.165) is 16.8 Å². The van der Waals surface area contributed by atoms with Crippen molar-refractivity contribution in [1.82, 2.24) is 5.32 Å². The molecule has 4 heteroatoms. The van der Waals surface area contributed by atoms with Gasteiger partial charge in [0.25, 0.3) is 0 Å². The average Bonchev–Trinajstić information content (AvgIpc) is 2.55. The van der Waals surface area contributed by atoms with Gasteiger partial charge in [-0.05, 0) is 30.2 Å². The lowest BCUT2D eigenvalue weighted by Crippen LogP contribution is -2.28. The summed E-state index contributed by atoms with van der Waals surface area (Å²) in [4.78, 5) is 25.0. The molecule has 0 bridgehead atoms. The van der Waals surface area contributed by atoms with E-state index in [1.165, 1.54) is 6.92 Å². The minimum atomic E-state index is -0.0215. The summed E-state index contributed by atoms with van der Waals surface area (Å²) in [6.07, 6.45) is 0.321. The molecule has 2 aromatic carbocycles. The Bertz CT molecular complexity index is 666. The molecule has 2 aromatic rings. The van der Waals surface area contributed by atoms with E-state index in [4.69, 9.17) is 0 Å². The zero-order valence-corrected chi connectivity index (χ0v) is 13.7. The second-order valence-electron chi connectivity index (χ2n) is 5.62. The summed E-state index contributed by atoms with van der Waals surface area (Å²) < 4.78 is 0. The number of hydrogen-bond donors (Lipinski definition) is 1. The molecule has 0 aliphatic carbocycles. The van der Waals surface area contributed by atoms with Gasteiger partial charge in [-0.3, -0.25) is 9.59 Å². The van der Waals surface area contributed by atoms with Crippen molar-refractivity contribution in [3.63, 3.8) is 0 Å². The van der Waals surface area contributed by atoms with E-state index in [1.54, 1.807) is 11.9 Å². The second-order valence-corrected chi connectivity index (χ2v) is 5.62. The van der Waals surface area contributed by atoms with E-state index in [0.29, 0.717) is 6.42 Å². The van der Waals surface area contributed by atoms with Crippen molar-refractivity contribution >= 4 is 17.5 Å². The van der Waals surface area contributed by atoms with Crippen LogP contribution in [0.15, 0.2) is 54.6 Å². The summed E-state index contributed by atoms with van der Waals surface area (Å²) in [5.74, 6) is -0.0406. The molecule has 0 aliphatic rings. The number of carbonyl (C=O) groups excluding carboxylic acids is 2. The molecule has 0 aromatic heterocycles. The average molecular weight is 310 g/mol. The van der Waals surface area contributed by atoms with Gasteiger partial charge in [-0.15, -0.1) is 0 Å². The van der Waals surface area contributed by atoms with Crippen molar-refractivity contribution in [3.8, 4) is 0 Å². The lowest BCUT2D eigenvalue weighted by Gasteiger charge is -2.16. The molecule has 2 amide bonds. The molecule has 1 N–H and O–H groups in total. The number of rotatable bonds is 5. The molecule has 0 spiro atoms. The molecule has 2 rings (SSSR count). The van der Waals surface area contributed by atoms with Crippen molar-refractivity contribution in [2.24, 2.45) is 0 Å². The van der Waals surface area contributed by atoms with Gasteiger partial charge in [-0.2, -0.15) is 0 Å². The van der Waals surface area contributed by atoms with E-state index in [-0.39, 0.29) is 17.9 Å². The van der Waals surface area contributed by atoms with Crippen LogP contribution in [0, 0.1) is 0 Å². The van der Waals surface area contributed by atoms with E-state index in [9.17, 15) is 9.59 Å². The van der Waals surface area contributed by atoms with E-state index in [2.05, 4.69) is 5.32 Å². The van der Waals surface area contributed by atoms with E-state index < -0.39 is 0 Å². The summed E-state index contributed by atoms with van der Waals surface area (Å²) in [7, 11) is 1.73. The van der Waals surface area contributed by atoms with Gasteiger partial charge in [0.05, 0.1) is 12.5 Å². The number of hydrogen-bond acceptors (Lipinski definition) is 2. The smallest absolute Gasteiger partial charge is 0.224 e. The van der Waals surface area contributed by atoms with Crippen LogP contribution in [0.5, 0.6) is 0 Å². The zero-order chi connectivity index (χ0) is 16.8. The highest BCUT2D eigenvalue weighted by atomic mass is 16.2. The van der Waals surface area contributed by atoms with Crippen molar-refractivity contribution < 1.29 is 9.59 Å². The summed E-state index contributed by atoms with van der Waals surface area (Å²) >= 11 is 0. The molecule has 0 heterocycles. The van der Waals surface area contributed by atoms with Gasteiger partial charge < -0.3 is 10.2 Å². The van der Waals surface area contributed by atoms with Gasteiger partial charge in [0.2, 0.25) is 11.8 Å². The van der Waals surface area contributed by atoms with E-state index >= 15 is 0 Å². The summed E-state index contributed by atoms with van der Waals surface area (Å²) in [5, 5.41) is 3.00. The maximum absolute atomic E-state index is 12.1. The van der Waals surface area contributed by atoms with Crippen LogP contribution in [0.3, 0.4) is 0 Å². The predicted molar refractivity (Wildman–Crippen MR) is 92.2 cm³/mol. The Balaban J connectivity index is 1.94. The van der Waals surface area contributed by atoms with Gasteiger partial charge in [0.1, 0.15) is 0 Å². The highest BCUT2D eigenvalue weighted by Crippen LogP contribution is 2.15. The molecular formula is C19H22N2O2. The molecule has 23 heavy (non-hydrogen) atoms. The van der Waals surface area contributed by atoms with Crippen LogP contribution >= 0.6 is 0 Å². The monoisotopic (exact) mass is 310 g/mol. The highest BCUT2D eigenvalue weighted by molar-refractivity contribution is 5.90. The third-order valence-corrected chi connectivity index (χ3v) is 3.84. The first-order valence-electron chi connectivity index (χ1n) is 7.65. The molecule has 0 fully saturated rings. The van der Waals surface area contributed by atoms with Crippen LogP contribution in [0.2, 0.25) is 0 Å². The zero-order valence-electron chi connectivity index (χ0n) is 13.7. The Kier molecular flexibility index (Phi) is 5.52. The number of amides is 2. The maximum Gasteiger partial charge on any atom is 0.224 e.